The first kappa shape index (κ1) is 21.0. The number of benzodiazepines with no additional fused rings is 1. The Balaban J connectivity index is 1.63. The van der Waals surface area contributed by atoms with Crippen LogP contribution in [-0.4, -0.2) is 22.8 Å². The van der Waals surface area contributed by atoms with Crippen LogP contribution in [0.15, 0.2) is 102 Å². The number of nitrogens with zero attached hydrogens (tertiary/aromatic N) is 2. The van der Waals surface area contributed by atoms with E-state index in [-0.39, 0.29) is 11.7 Å². The molecule has 0 bridgehead atoms. The van der Waals surface area contributed by atoms with Crippen LogP contribution < -0.4 is 4.90 Å². The Kier molecular flexibility index (Phi) is 5.45. The van der Waals surface area contributed by atoms with Gasteiger partial charge in [-0.2, -0.15) is 0 Å². The highest BCUT2D eigenvalue weighted by Crippen LogP contribution is 2.36. The van der Waals surface area contributed by atoms with Gasteiger partial charge in [-0.1, -0.05) is 54.1 Å². The Labute approximate surface area is 197 Å². The number of aliphatic imine (C=N–C) groups is 1. The maximum atomic E-state index is 13.5. The first-order valence-corrected chi connectivity index (χ1v) is 11.1. The quantitative estimate of drug-likeness (QED) is 0.380. The molecule has 0 aromatic heterocycles. The highest BCUT2D eigenvalue weighted by Gasteiger charge is 2.31. The third-order valence-electron chi connectivity index (χ3n) is 5.73. The number of carbonyl (C=O) groups excluding carboxylic acids is 1. The van der Waals surface area contributed by atoms with Gasteiger partial charge in [-0.15, -0.1) is 0 Å². The highest BCUT2D eigenvalue weighted by atomic mass is 35.5. The zero-order valence-corrected chi connectivity index (χ0v) is 18.7. The molecular formula is C28H21ClN2O2. The van der Waals surface area contributed by atoms with Crippen LogP contribution in [0.3, 0.4) is 0 Å². The molecule has 162 valence electrons. The summed E-state index contributed by atoms with van der Waals surface area (Å²) in [6.45, 7) is 1.79. The second-order valence-electron chi connectivity index (χ2n) is 7.95. The fourth-order valence-electron chi connectivity index (χ4n) is 4.07. The van der Waals surface area contributed by atoms with E-state index in [1.54, 1.807) is 42.2 Å². The van der Waals surface area contributed by atoms with E-state index in [0.29, 0.717) is 16.4 Å². The van der Waals surface area contributed by atoms with Crippen molar-refractivity contribution < 1.29 is 9.90 Å². The first-order chi connectivity index (χ1) is 16.0. The lowest BCUT2D eigenvalue weighted by Crippen LogP contribution is -2.32. The van der Waals surface area contributed by atoms with Crippen molar-refractivity contribution >= 4 is 34.6 Å². The topological polar surface area (TPSA) is 52.9 Å². The molecule has 1 atom stereocenters. The van der Waals surface area contributed by atoms with E-state index in [1.165, 1.54) is 0 Å². The summed E-state index contributed by atoms with van der Waals surface area (Å²) < 4.78 is 0. The van der Waals surface area contributed by atoms with Crippen molar-refractivity contribution in [2.45, 2.75) is 13.0 Å². The summed E-state index contributed by atoms with van der Waals surface area (Å²) in [5, 5.41) is 10.3. The summed E-state index contributed by atoms with van der Waals surface area (Å²) in [6.07, 6.45) is 0. The van der Waals surface area contributed by atoms with Crippen LogP contribution in [0.25, 0.3) is 11.1 Å². The van der Waals surface area contributed by atoms with Gasteiger partial charge in [0.15, 0.2) is 0 Å². The van der Waals surface area contributed by atoms with Crippen LogP contribution in [0.2, 0.25) is 5.02 Å². The van der Waals surface area contributed by atoms with Crippen LogP contribution in [-0.2, 0) is 4.79 Å². The number of amides is 1. The third-order valence-corrected chi connectivity index (χ3v) is 5.96. The number of fused-ring (bicyclic) bond motifs is 1. The highest BCUT2D eigenvalue weighted by molar-refractivity contribution is 6.32. The van der Waals surface area contributed by atoms with E-state index < -0.39 is 6.04 Å². The predicted octanol–water partition coefficient (Wildman–Crippen LogP) is 6.62. The summed E-state index contributed by atoms with van der Waals surface area (Å²) >= 11 is 6.36. The summed E-state index contributed by atoms with van der Waals surface area (Å²) in [4.78, 5) is 20.0. The van der Waals surface area contributed by atoms with Gasteiger partial charge >= 0.3 is 0 Å². The number of aromatic hydroxyl groups is 1. The van der Waals surface area contributed by atoms with Crippen LogP contribution >= 0.6 is 11.6 Å². The van der Waals surface area contributed by atoms with Crippen LogP contribution in [0.4, 0.5) is 11.4 Å². The number of phenolic OH excluding ortho intramolecular Hbond substituents is 1. The molecule has 5 rings (SSSR count). The minimum absolute atomic E-state index is 0.125. The standard InChI is InChI=1S/C28H21ClN2O2/c1-18-28(33)31(23-12-7-20(8-13-23)19-5-3-2-4-6-19)26-16-11-22(29)17-25(26)27(30-18)21-9-14-24(32)15-10-21/h2-18,32H,1H3. The molecule has 33 heavy (non-hydrogen) atoms. The van der Waals surface area contributed by atoms with Crippen LogP contribution in [0.1, 0.15) is 18.1 Å². The maximum absolute atomic E-state index is 13.5. The Morgan fingerprint density at radius 2 is 1.45 bits per heavy atom. The van der Waals surface area contributed by atoms with E-state index in [9.17, 15) is 9.90 Å². The molecule has 1 unspecified atom stereocenters. The molecule has 1 aliphatic rings. The summed E-state index contributed by atoms with van der Waals surface area (Å²) in [6, 6.07) is 29.7. The van der Waals surface area contributed by atoms with Gasteiger partial charge in [0.05, 0.1) is 11.4 Å². The monoisotopic (exact) mass is 452 g/mol. The fourth-order valence-corrected chi connectivity index (χ4v) is 4.24. The summed E-state index contributed by atoms with van der Waals surface area (Å²) in [7, 11) is 0. The lowest BCUT2D eigenvalue weighted by atomic mass is 9.99. The van der Waals surface area contributed by atoms with E-state index >= 15 is 0 Å². The van der Waals surface area contributed by atoms with Gasteiger partial charge in [0, 0.05) is 21.8 Å². The smallest absolute Gasteiger partial charge is 0.256 e. The van der Waals surface area contributed by atoms with Gasteiger partial charge in [-0.25, -0.2) is 0 Å². The molecule has 1 N–H and O–H groups in total. The van der Waals surface area contributed by atoms with E-state index in [2.05, 4.69) is 12.1 Å². The van der Waals surface area contributed by atoms with Crippen LogP contribution in [0, 0.1) is 0 Å². The van der Waals surface area contributed by atoms with Gasteiger partial charge in [0.25, 0.3) is 5.91 Å². The zero-order valence-electron chi connectivity index (χ0n) is 17.9. The molecule has 0 saturated heterocycles. The maximum Gasteiger partial charge on any atom is 0.256 e. The number of rotatable bonds is 3. The zero-order chi connectivity index (χ0) is 22.9. The van der Waals surface area contributed by atoms with Crippen molar-refractivity contribution in [2.24, 2.45) is 4.99 Å². The van der Waals surface area contributed by atoms with Gasteiger partial charge in [-0.3, -0.25) is 14.7 Å². The van der Waals surface area contributed by atoms with E-state index in [4.69, 9.17) is 16.6 Å². The van der Waals surface area contributed by atoms with Gasteiger partial charge in [0.2, 0.25) is 0 Å². The molecule has 1 amide bonds. The number of halogens is 1. The van der Waals surface area contributed by atoms with Crippen molar-refractivity contribution in [2.75, 3.05) is 4.90 Å². The average molecular weight is 453 g/mol. The second kappa shape index (κ2) is 8.57. The molecule has 0 saturated carbocycles. The minimum atomic E-state index is -0.603. The molecule has 4 nitrogen and oxygen atoms in total. The van der Waals surface area contributed by atoms with Crippen molar-refractivity contribution in [3.63, 3.8) is 0 Å². The summed E-state index contributed by atoms with van der Waals surface area (Å²) in [5.41, 5.74) is 5.90. The number of anilines is 2. The normalized spacial score (nSPS) is 15.6. The number of benzene rings is 4. The van der Waals surface area contributed by atoms with E-state index in [0.717, 1.165) is 27.9 Å². The van der Waals surface area contributed by atoms with Gasteiger partial charge in [0.1, 0.15) is 11.8 Å². The number of hydrogen-bond acceptors (Lipinski definition) is 3. The average Bonchev–Trinajstić information content (AvgIpc) is 2.95. The molecule has 0 radical (unpaired) electrons. The van der Waals surface area contributed by atoms with Gasteiger partial charge in [-0.05, 0) is 72.6 Å². The van der Waals surface area contributed by atoms with Crippen molar-refractivity contribution in [3.05, 3.63) is 113 Å². The van der Waals surface area contributed by atoms with E-state index in [1.807, 2.05) is 54.6 Å². The lowest BCUT2D eigenvalue weighted by Gasteiger charge is -2.25. The lowest BCUT2D eigenvalue weighted by molar-refractivity contribution is -0.118. The SMILES string of the molecule is CC1N=C(c2ccc(O)cc2)c2cc(Cl)ccc2N(c2ccc(-c3ccccc3)cc2)C1=O. The molecule has 1 aliphatic heterocycles. The molecule has 0 aliphatic carbocycles. The van der Waals surface area contributed by atoms with Gasteiger partial charge < -0.3 is 5.11 Å². The van der Waals surface area contributed by atoms with Crippen molar-refractivity contribution in [1.82, 2.24) is 0 Å². The van der Waals surface area contributed by atoms with Crippen LogP contribution in [0.5, 0.6) is 5.75 Å². The molecule has 5 heteroatoms. The molecule has 0 spiro atoms. The minimum Gasteiger partial charge on any atom is -0.508 e. The number of hydrogen-bond donors (Lipinski definition) is 1. The molecule has 1 heterocycles. The summed E-state index contributed by atoms with van der Waals surface area (Å²) in [5.74, 6) is 0.0448. The molecule has 4 aromatic carbocycles. The number of carbonyl (C=O) groups is 1. The Hall–Kier alpha value is -3.89. The Bertz CT molecular complexity index is 1350. The van der Waals surface area contributed by atoms with Crippen molar-refractivity contribution in [1.29, 1.82) is 0 Å². The van der Waals surface area contributed by atoms with Crippen molar-refractivity contribution in [3.8, 4) is 16.9 Å². The Morgan fingerprint density at radius 1 is 0.818 bits per heavy atom. The molecule has 0 fully saturated rings. The molecular weight excluding hydrogens is 432 g/mol. The fraction of sp³-hybridized carbons (Fsp3) is 0.0714. The first-order valence-electron chi connectivity index (χ1n) is 10.7. The second-order valence-corrected chi connectivity index (χ2v) is 8.39. The Morgan fingerprint density at radius 3 is 2.15 bits per heavy atom. The number of phenols is 1. The predicted molar refractivity (Wildman–Crippen MR) is 134 cm³/mol. The molecule has 4 aromatic rings. The third kappa shape index (κ3) is 4.01. The largest absolute Gasteiger partial charge is 0.508 e.